The lowest BCUT2D eigenvalue weighted by Gasteiger charge is -2.25. The number of hydrogen-bond donors (Lipinski definition) is 0. The van der Waals surface area contributed by atoms with Crippen LogP contribution in [-0.4, -0.2) is 32.1 Å². The van der Waals surface area contributed by atoms with Gasteiger partial charge in [-0.15, -0.1) is 0 Å². The number of hydrogen-bond acceptors (Lipinski definition) is 2. The monoisotopic (exact) mass is 301 g/mol. The molecule has 0 bridgehead atoms. The van der Waals surface area contributed by atoms with E-state index in [0.29, 0.717) is 13.1 Å². The lowest BCUT2D eigenvalue weighted by Crippen LogP contribution is -2.35. The maximum absolute atomic E-state index is 11.1. The molecule has 1 heterocycles. The van der Waals surface area contributed by atoms with Crippen LogP contribution in [0.15, 0.2) is 9.15 Å². The van der Waals surface area contributed by atoms with Gasteiger partial charge in [0.25, 0.3) is 0 Å². The molecule has 0 fully saturated rings. The standard InChI is InChI=1S/C7H12INO2S/c1-6-5-9(12(2,10)11)4-3-7(6)8/h3-5H2,1-2H3. The Morgan fingerprint density at radius 2 is 2.08 bits per heavy atom. The van der Waals surface area contributed by atoms with Gasteiger partial charge in [0.15, 0.2) is 0 Å². The minimum atomic E-state index is -2.99. The van der Waals surface area contributed by atoms with Gasteiger partial charge in [-0.25, -0.2) is 8.42 Å². The molecule has 0 unspecified atom stereocenters. The molecule has 0 saturated heterocycles. The highest BCUT2D eigenvalue weighted by atomic mass is 127. The van der Waals surface area contributed by atoms with Crippen LogP contribution in [0.4, 0.5) is 0 Å². The molecule has 0 radical (unpaired) electrons. The van der Waals surface area contributed by atoms with Gasteiger partial charge in [0.1, 0.15) is 0 Å². The molecule has 0 atom stereocenters. The second-order valence-corrected chi connectivity index (χ2v) is 6.32. The summed E-state index contributed by atoms with van der Waals surface area (Å²) in [5, 5.41) is 0. The van der Waals surface area contributed by atoms with Gasteiger partial charge in [-0.2, -0.15) is 4.31 Å². The lowest BCUT2D eigenvalue weighted by atomic mass is 10.2. The van der Waals surface area contributed by atoms with Crippen molar-refractivity contribution in [3.05, 3.63) is 9.15 Å². The minimum Gasteiger partial charge on any atom is -0.212 e. The summed E-state index contributed by atoms with van der Waals surface area (Å²) in [5.74, 6) is 0. The van der Waals surface area contributed by atoms with Crippen LogP contribution in [0.2, 0.25) is 0 Å². The molecule has 0 aromatic carbocycles. The van der Waals surface area contributed by atoms with Crippen molar-refractivity contribution in [1.82, 2.24) is 4.31 Å². The van der Waals surface area contributed by atoms with Gasteiger partial charge in [-0.1, -0.05) is 0 Å². The fourth-order valence-electron chi connectivity index (χ4n) is 1.15. The summed E-state index contributed by atoms with van der Waals surface area (Å²) in [4.78, 5) is 0. The molecule has 3 nitrogen and oxygen atoms in total. The molecular weight excluding hydrogens is 289 g/mol. The average molecular weight is 301 g/mol. The summed E-state index contributed by atoms with van der Waals surface area (Å²) in [6.07, 6.45) is 2.12. The van der Waals surface area contributed by atoms with Crippen molar-refractivity contribution in [1.29, 1.82) is 0 Å². The predicted molar refractivity (Wildman–Crippen MR) is 57.8 cm³/mol. The molecule has 0 aliphatic carbocycles. The average Bonchev–Trinajstić information content (AvgIpc) is 1.92. The topological polar surface area (TPSA) is 37.4 Å². The third-order valence-corrected chi connectivity index (χ3v) is 4.64. The van der Waals surface area contributed by atoms with E-state index >= 15 is 0 Å². The van der Waals surface area contributed by atoms with Gasteiger partial charge in [0.05, 0.1) is 6.26 Å². The van der Waals surface area contributed by atoms with Crippen molar-refractivity contribution in [2.24, 2.45) is 0 Å². The SMILES string of the molecule is CC1=C(I)CCN(S(C)(=O)=O)C1. The third kappa shape index (κ3) is 2.43. The van der Waals surface area contributed by atoms with E-state index < -0.39 is 10.0 Å². The minimum absolute atomic E-state index is 0.567. The highest BCUT2D eigenvalue weighted by molar-refractivity contribution is 14.1. The largest absolute Gasteiger partial charge is 0.212 e. The molecule has 0 saturated carbocycles. The first kappa shape index (κ1) is 10.5. The Labute approximate surface area is 87.0 Å². The normalized spacial score (nSPS) is 21.6. The Bertz CT molecular complexity index is 307. The molecule has 0 aromatic heterocycles. The highest BCUT2D eigenvalue weighted by Gasteiger charge is 2.21. The number of halogens is 1. The molecule has 1 aliphatic heterocycles. The van der Waals surface area contributed by atoms with E-state index in [4.69, 9.17) is 0 Å². The second kappa shape index (κ2) is 3.63. The summed E-state index contributed by atoms with van der Waals surface area (Å²) < 4.78 is 25.1. The zero-order valence-corrected chi connectivity index (χ0v) is 10.1. The van der Waals surface area contributed by atoms with E-state index in [0.717, 1.165) is 6.42 Å². The van der Waals surface area contributed by atoms with Gasteiger partial charge in [-0.05, 0) is 45.1 Å². The molecule has 0 N–H and O–H groups in total. The van der Waals surface area contributed by atoms with Crippen molar-refractivity contribution in [3.8, 4) is 0 Å². The summed E-state index contributed by atoms with van der Waals surface area (Å²) in [6.45, 7) is 3.19. The molecule has 70 valence electrons. The predicted octanol–water partition coefficient (Wildman–Crippen LogP) is 1.36. The first-order valence-electron chi connectivity index (χ1n) is 3.70. The fraction of sp³-hybridized carbons (Fsp3) is 0.714. The Hall–Kier alpha value is 0.380. The molecule has 0 spiro atoms. The van der Waals surface area contributed by atoms with Crippen LogP contribution in [0, 0.1) is 0 Å². The van der Waals surface area contributed by atoms with E-state index in [1.807, 2.05) is 6.92 Å². The maximum Gasteiger partial charge on any atom is 0.211 e. The van der Waals surface area contributed by atoms with Crippen molar-refractivity contribution in [2.45, 2.75) is 13.3 Å². The molecule has 1 aliphatic rings. The summed E-state index contributed by atoms with van der Waals surface area (Å²) in [6, 6.07) is 0. The van der Waals surface area contributed by atoms with Crippen LogP contribution in [0.5, 0.6) is 0 Å². The quantitative estimate of drug-likeness (QED) is 0.686. The molecule has 1 rings (SSSR count). The van der Waals surface area contributed by atoms with Gasteiger partial charge in [0.2, 0.25) is 10.0 Å². The molecule has 0 aromatic rings. The van der Waals surface area contributed by atoms with Gasteiger partial charge in [-0.3, -0.25) is 0 Å². The molecule has 0 amide bonds. The van der Waals surface area contributed by atoms with Crippen molar-refractivity contribution >= 4 is 32.6 Å². The summed E-state index contributed by atoms with van der Waals surface area (Å²) in [5.41, 5.74) is 1.17. The van der Waals surface area contributed by atoms with Crippen LogP contribution >= 0.6 is 22.6 Å². The van der Waals surface area contributed by atoms with E-state index in [9.17, 15) is 8.42 Å². The van der Waals surface area contributed by atoms with Gasteiger partial charge in [0, 0.05) is 13.1 Å². The molecular formula is C7H12INO2S. The van der Waals surface area contributed by atoms with Crippen molar-refractivity contribution in [3.63, 3.8) is 0 Å². The van der Waals surface area contributed by atoms with Crippen LogP contribution in [0.1, 0.15) is 13.3 Å². The summed E-state index contributed by atoms with van der Waals surface area (Å²) in [7, 11) is -2.99. The van der Waals surface area contributed by atoms with E-state index in [-0.39, 0.29) is 0 Å². The Morgan fingerprint density at radius 3 is 2.50 bits per heavy atom. The van der Waals surface area contributed by atoms with Crippen molar-refractivity contribution < 1.29 is 8.42 Å². The fourth-order valence-corrected chi connectivity index (χ4v) is 2.41. The van der Waals surface area contributed by atoms with Crippen molar-refractivity contribution in [2.75, 3.05) is 19.3 Å². The smallest absolute Gasteiger partial charge is 0.211 e. The van der Waals surface area contributed by atoms with Crippen LogP contribution in [-0.2, 0) is 10.0 Å². The molecule has 12 heavy (non-hydrogen) atoms. The highest BCUT2D eigenvalue weighted by Crippen LogP contribution is 2.24. The first-order chi connectivity index (χ1) is 5.41. The zero-order chi connectivity index (χ0) is 9.35. The first-order valence-corrected chi connectivity index (χ1v) is 6.63. The van der Waals surface area contributed by atoms with Gasteiger partial charge < -0.3 is 0 Å². The Kier molecular flexibility index (Phi) is 3.16. The van der Waals surface area contributed by atoms with E-state index in [2.05, 4.69) is 22.6 Å². The lowest BCUT2D eigenvalue weighted by molar-refractivity contribution is 0.431. The number of sulfonamides is 1. The van der Waals surface area contributed by atoms with E-state index in [1.54, 1.807) is 0 Å². The summed E-state index contributed by atoms with van der Waals surface area (Å²) >= 11 is 2.28. The maximum atomic E-state index is 11.1. The molecule has 5 heteroatoms. The van der Waals surface area contributed by atoms with Gasteiger partial charge >= 0.3 is 0 Å². The number of nitrogens with zero attached hydrogens (tertiary/aromatic N) is 1. The van der Waals surface area contributed by atoms with Crippen LogP contribution in [0.25, 0.3) is 0 Å². The van der Waals surface area contributed by atoms with E-state index in [1.165, 1.54) is 19.7 Å². The van der Waals surface area contributed by atoms with Crippen LogP contribution < -0.4 is 0 Å². The Balaban J connectivity index is 2.81. The second-order valence-electron chi connectivity index (χ2n) is 3.03. The van der Waals surface area contributed by atoms with Crippen LogP contribution in [0.3, 0.4) is 0 Å². The third-order valence-electron chi connectivity index (χ3n) is 1.93. The zero-order valence-electron chi connectivity index (χ0n) is 7.17. The Morgan fingerprint density at radius 1 is 1.50 bits per heavy atom. The number of rotatable bonds is 1.